The van der Waals surface area contributed by atoms with Crippen LogP contribution in [0.25, 0.3) is 0 Å². The lowest BCUT2D eigenvalue weighted by molar-refractivity contribution is -0.00402. The number of H-pyrrole nitrogens is 1. The first kappa shape index (κ1) is 20.9. The van der Waals surface area contributed by atoms with Gasteiger partial charge < -0.3 is 14.7 Å². The van der Waals surface area contributed by atoms with Crippen LogP contribution < -0.4 is 4.74 Å². The zero-order chi connectivity index (χ0) is 21.1. The smallest absolute Gasteiger partial charge is 0.274 e. The summed E-state index contributed by atoms with van der Waals surface area (Å²) in [5.74, 6) is 0.848. The number of methoxy groups -OCH3 is 1. The lowest BCUT2D eigenvalue weighted by Crippen LogP contribution is -2.42. The number of carbonyl (C=O) groups excluding carboxylic acids is 1. The lowest BCUT2D eigenvalue weighted by Gasteiger charge is -2.31. The van der Waals surface area contributed by atoms with Gasteiger partial charge in [-0.15, -0.1) is 0 Å². The van der Waals surface area contributed by atoms with E-state index in [4.69, 9.17) is 4.74 Å². The highest BCUT2D eigenvalue weighted by Crippen LogP contribution is 2.27. The normalized spacial score (nSPS) is 21.5. The van der Waals surface area contributed by atoms with Gasteiger partial charge in [-0.2, -0.15) is 5.10 Å². The number of likely N-dealkylation sites (N-methyl/N-ethyl adjacent to an activating group) is 1. The number of benzene rings is 1. The predicted molar refractivity (Wildman–Crippen MR) is 115 cm³/mol. The summed E-state index contributed by atoms with van der Waals surface area (Å²) >= 11 is 0. The number of hydrogen-bond acceptors (Lipinski definition) is 5. The van der Waals surface area contributed by atoms with Crippen LogP contribution in [0.5, 0.6) is 5.75 Å². The zero-order valence-electron chi connectivity index (χ0n) is 18.0. The Hall–Kier alpha value is -2.38. The fourth-order valence-electron chi connectivity index (χ4n) is 4.79. The Balaban J connectivity index is 1.34. The fourth-order valence-corrected chi connectivity index (χ4v) is 4.79. The van der Waals surface area contributed by atoms with Crippen LogP contribution in [0.4, 0.5) is 0 Å². The van der Waals surface area contributed by atoms with E-state index in [-0.39, 0.29) is 5.91 Å². The molecule has 4 rings (SSSR count). The van der Waals surface area contributed by atoms with Gasteiger partial charge in [-0.05, 0) is 63.3 Å². The van der Waals surface area contributed by atoms with Crippen LogP contribution in [0.2, 0.25) is 0 Å². The van der Waals surface area contributed by atoms with E-state index < -0.39 is 5.60 Å². The lowest BCUT2D eigenvalue weighted by atomic mass is 9.94. The number of carbonyl (C=O) groups is 1. The minimum atomic E-state index is -0.788. The highest BCUT2D eigenvalue weighted by atomic mass is 16.5. The molecule has 1 saturated heterocycles. The third-order valence-electron chi connectivity index (χ3n) is 6.39. The number of aliphatic hydroxyl groups is 1. The Morgan fingerprint density at radius 1 is 1.23 bits per heavy atom. The zero-order valence-corrected chi connectivity index (χ0v) is 18.0. The molecule has 7 nitrogen and oxygen atoms in total. The van der Waals surface area contributed by atoms with E-state index in [1.54, 1.807) is 7.11 Å². The minimum absolute atomic E-state index is 0.00485. The van der Waals surface area contributed by atoms with E-state index >= 15 is 0 Å². The average molecular weight is 413 g/mol. The number of nitrogens with zero attached hydrogens (tertiary/aromatic N) is 3. The monoisotopic (exact) mass is 412 g/mol. The quantitative estimate of drug-likeness (QED) is 0.761. The molecule has 1 aromatic carbocycles. The molecule has 1 atom stereocenters. The Morgan fingerprint density at radius 3 is 2.80 bits per heavy atom. The SMILES string of the molecule is COc1ccc(CN(C)CC2(O)CCCN(C(=O)c3n[nH]c4c3CCC4)CC2)cc1. The van der Waals surface area contributed by atoms with Crippen LogP contribution in [0.1, 0.15) is 53.0 Å². The van der Waals surface area contributed by atoms with Gasteiger partial charge >= 0.3 is 0 Å². The Labute approximate surface area is 178 Å². The summed E-state index contributed by atoms with van der Waals surface area (Å²) in [7, 11) is 3.69. The van der Waals surface area contributed by atoms with Crippen molar-refractivity contribution in [2.45, 2.75) is 50.7 Å². The number of aromatic amines is 1. The van der Waals surface area contributed by atoms with Crippen molar-refractivity contribution in [3.8, 4) is 5.75 Å². The van der Waals surface area contributed by atoms with Crippen LogP contribution in [-0.2, 0) is 19.4 Å². The van der Waals surface area contributed by atoms with E-state index in [0.29, 0.717) is 38.2 Å². The topological polar surface area (TPSA) is 81.7 Å². The standard InChI is InChI=1S/C23H32N4O3/c1-26(15-17-7-9-18(30-2)10-8-17)16-23(29)11-4-13-27(14-12-23)22(28)21-19-5-3-6-20(19)24-25-21/h7-10,29H,3-6,11-16H2,1-2H3,(H,24,25). The van der Waals surface area contributed by atoms with Crippen molar-refractivity contribution in [2.24, 2.45) is 0 Å². The molecular weight excluding hydrogens is 380 g/mol. The summed E-state index contributed by atoms with van der Waals surface area (Å²) in [4.78, 5) is 17.1. The largest absolute Gasteiger partial charge is 0.497 e. The molecule has 2 N–H and O–H groups in total. The maximum atomic E-state index is 13.0. The van der Waals surface area contributed by atoms with Gasteiger partial charge in [0.15, 0.2) is 5.69 Å². The molecule has 2 aliphatic rings. The van der Waals surface area contributed by atoms with E-state index in [1.165, 1.54) is 5.56 Å². The minimum Gasteiger partial charge on any atom is -0.497 e. The van der Waals surface area contributed by atoms with E-state index in [9.17, 15) is 9.90 Å². The van der Waals surface area contributed by atoms with Crippen LogP contribution in [-0.4, -0.2) is 70.4 Å². The molecule has 0 saturated carbocycles. The third kappa shape index (κ3) is 4.52. The van der Waals surface area contributed by atoms with Crippen molar-refractivity contribution in [3.05, 3.63) is 46.8 Å². The first-order chi connectivity index (χ1) is 14.5. The van der Waals surface area contributed by atoms with Crippen LogP contribution in [0.3, 0.4) is 0 Å². The first-order valence-electron chi connectivity index (χ1n) is 10.9. The second-order valence-corrected chi connectivity index (χ2v) is 8.77. The summed E-state index contributed by atoms with van der Waals surface area (Å²) < 4.78 is 5.21. The number of aryl methyl sites for hydroxylation is 1. The number of ether oxygens (including phenoxy) is 1. The van der Waals surface area contributed by atoms with Gasteiger partial charge in [-0.3, -0.25) is 14.8 Å². The van der Waals surface area contributed by atoms with Crippen molar-refractivity contribution in [1.29, 1.82) is 0 Å². The summed E-state index contributed by atoms with van der Waals surface area (Å²) in [5, 5.41) is 18.6. The maximum Gasteiger partial charge on any atom is 0.274 e. The van der Waals surface area contributed by atoms with Gasteiger partial charge in [-0.25, -0.2) is 0 Å². The van der Waals surface area contributed by atoms with Crippen molar-refractivity contribution < 1.29 is 14.6 Å². The number of hydrogen-bond donors (Lipinski definition) is 2. The van der Waals surface area contributed by atoms with Crippen molar-refractivity contribution >= 4 is 5.91 Å². The summed E-state index contributed by atoms with van der Waals surface area (Å²) in [6.45, 7) is 2.57. The van der Waals surface area contributed by atoms with E-state index in [2.05, 4.69) is 27.2 Å². The van der Waals surface area contributed by atoms with Gasteiger partial charge in [0.05, 0.1) is 12.7 Å². The van der Waals surface area contributed by atoms with E-state index in [1.807, 2.05) is 24.1 Å². The number of fused-ring (bicyclic) bond motifs is 1. The Kier molecular flexibility index (Phi) is 6.11. The molecule has 0 spiro atoms. The van der Waals surface area contributed by atoms with Gasteiger partial charge in [0.2, 0.25) is 0 Å². The average Bonchev–Trinajstić information content (AvgIpc) is 3.29. The molecule has 1 fully saturated rings. The molecule has 1 unspecified atom stereocenters. The molecule has 1 aliphatic carbocycles. The maximum absolute atomic E-state index is 13.0. The highest BCUT2D eigenvalue weighted by Gasteiger charge is 2.34. The molecule has 1 amide bonds. The second-order valence-electron chi connectivity index (χ2n) is 8.77. The molecule has 1 aromatic heterocycles. The first-order valence-corrected chi connectivity index (χ1v) is 10.9. The van der Waals surface area contributed by atoms with Gasteiger partial charge in [0.1, 0.15) is 5.75 Å². The van der Waals surface area contributed by atoms with Crippen molar-refractivity contribution in [1.82, 2.24) is 20.0 Å². The molecule has 30 heavy (non-hydrogen) atoms. The number of amides is 1. The number of likely N-dealkylation sites (tertiary alicyclic amines) is 1. The molecule has 7 heteroatoms. The third-order valence-corrected chi connectivity index (χ3v) is 6.39. The van der Waals surface area contributed by atoms with E-state index in [0.717, 1.165) is 49.2 Å². The fraction of sp³-hybridized carbons (Fsp3) is 0.565. The number of aromatic nitrogens is 2. The molecule has 2 aromatic rings. The van der Waals surface area contributed by atoms with Crippen molar-refractivity contribution in [3.63, 3.8) is 0 Å². The second kappa shape index (κ2) is 8.78. The molecule has 0 radical (unpaired) electrons. The van der Waals surface area contributed by atoms with Gasteiger partial charge in [-0.1, -0.05) is 12.1 Å². The highest BCUT2D eigenvalue weighted by molar-refractivity contribution is 5.94. The number of nitrogens with one attached hydrogen (secondary N) is 1. The van der Waals surface area contributed by atoms with Crippen molar-refractivity contribution in [2.75, 3.05) is 33.8 Å². The van der Waals surface area contributed by atoms with Gasteiger partial charge in [0.25, 0.3) is 5.91 Å². The van der Waals surface area contributed by atoms with Crippen LogP contribution in [0.15, 0.2) is 24.3 Å². The number of rotatable bonds is 6. The molecule has 162 valence electrons. The predicted octanol–water partition coefficient (Wildman–Crippen LogP) is 2.40. The molecular formula is C23H32N4O3. The summed E-state index contributed by atoms with van der Waals surface area (Å²) in [5.41, 5.74) is 3.19. The summed E-state index contributed by atoms with van der Waals surface area (Å²) in [6, 6.07) is 8.02. The Bertz CT molecular complexity index is 879. The van der Waals surface area contributed by atoms with Gasteiger partial charge in [0, 0.05) is 37.4 Å². The molecule has 1 aliphatic heterocycles. The van der Waals surface area contributed by atoms with Crippen LogP contribution >= 0.6 is 0 Å². The van der Waals surface area contributed by atoms with Crippen LogP contribution in [0, 0.1) is 0 Å². The summed E-state index contributed by atoms with van der Waals surface area (Å²) in [6.07, 6.45) is 5.08. The molecule has 2 heterocycles. The Morgan fingerprint density at radius 2 is 2.03 bits per heavy atom. The molecule has 0 bridgehead atoms.